The fraction of sp³-hybridized carbons (Fsp3) is 0.917. The number of carbonyl (C=O) groups is 1. The molecule has 0 aromatic rings. The minimum Gasteiger partial charge on any atom is -0.481 e. The van der Waals surface area contributed by atoms with E-state index in [0.717, 1.165) is 32.1 Å². The van der Waals surface area contributed by atoms with Gasteiger partial charge < -0.3 is 5.11 Å². The molecule has 3 heteroatoms. The molecule has 2 nitrogen and oxygen atoms in total. The summed E-state index contributed by atoms with van der Waals surface area (Å²) in [5.41, 5.74) is 0. The molecule has 88 valence electrons. The molecule has 0 amide bonds. The molecule has 1 N–H and O–H groups in total. The molecule has 0 spiro atoms. The van der Waals surface area contributed by atoms with Crippen LogP contribution < -0.4 is 0 Å². The van der Waals surface area contributed by atoms with Crippen LogP contribution in [0, 0.1) is 11.8 Å². The molecule has 0 aromatic heterocycles. The van der Waals surface area contributed by atoms with E-state index in [0.29, 0.717) is 6.42 Å². The second kappa shape index (κ2) is 6.09. The Hall–Kier alpha value is -0.600. The molecule has 0 bridgehead atoms. The van der Waals surface area contributed by atoms with Crippen molar-refractivity contribution in [1.82, 2.24) is 0 Å². The van der Waals surface area contributed by atoms with E-state index >= 15 is 0 Å². The number of rotatable bonds is 5. The van der Waals surface area contributed by atoms with E-state index < -0.39 is 18.1 Å². The van der Waals surface area contributed by atoms with Crippen LogP contribution in [0.1, 0.15) is 51.9 Å². The van der Waals surface area contributed by atoms with Crippen LogP contribution in [0.2, 0.25) is 0 Å². The van der Waals surface area contributed by atoms with Gasteiger partial charge in [0.2, 0.25) is 0 Å². The van der Waals surface area contributed by atoms with Crippen molar-refractivity contribution in [1.29, 1.82) is 0 Å². The number of hydrogen-bond donors (Lipinski definition) is 1. The second-order valence-corrected chi connectivity index (χ2v) is 4.62. The van der Waals surface area contributed by atoms with E-state index in [1.165, 1.54) is 0 Å². The summed E-state index contributed by atoms with van der Waals surface area (Å²) < 4.78 is 13.6. The third-order valence-electron chi connectivity index (χ3n) is 3.43. The van der Waals surface area contributed by atoms with Crippen LogP contribution in [0.15, 0.2) is 0 Å². The Bertz CT molecular complexity index is 206. The first-order valence-corrected chi connectivity index (χ1v) is 6.02. The molecule has 0 saturated heterocycles. The number of hydrogen-bond acceptors (Lipinski definition) is 1. The van der Waals surface area contributed by atoms with Gasteiger partial charge in [-0.15, -0.1) is 0 Å². The van der Waals surface area contributed by atoms with E-state index in [4.69, 9.17) is 5.11 Å². The average Bonchev–Trinajstić information content (AvgIpc) is 2.20. The Morgan fingerprint density at radius 3 is 2.67 bits per heavy atom. The quantitative estimate of drug-likeness (QED) is 0.715. The van der Waals surface area contributed by atoms with Gasteiger partial charge in [0.15, 0.2) is 0 Å². The summed E-state index contributed by atoms with van der Waals surface area (Å²) in [4.78, 5) is 10.7. The largest absolute Gasteiger partial charge is 0.481 e. The SMILES string of the molecule is CCCCCC1CCC(C(=O)O)CC1F. The summed E-state index contributed by atoms with van der Waals surface area (Å²) in [5, 5.41) is 8.79. The predicted octanol–water partition coefficient (Wildman–Crippen LogP) is 3.41. The lowest BCUT2D eigenvalue weighted by atomic mass is 9.78. The normalized spacial score (nSPS) is 31.5. The van der Waals surface area contributed by atoms with Crippen molar-refractivity contribution in [2.45, 2.75) is 58.0 Å². The first-order chi connectivity index (χ1) is 7.15. The lowest BCUT2D eigenvalue weighted by molar-refractivity contribution is -0.144. The standard InChI is InChI=1S/C12H21FO2/c1-2-3-4-5-9-6-7-10(12(14)15)8-11(9)13/h9-11H,2-8H2,1H3,(H,14,15). The summed E-state index contributed by atoms with van der Waals surface area (Å²) in [5.74, 6) is -1.15. The molecule has 1 aliphatic carbocycles. The van der Waals surface area contributed by atoms with Crippen molar-refractivity contribution >= 4 is 5.97 Å². The lowest BCUT2D eigenvalue weighted by Crippen LogP contribution is -2.30. The van der Waals surface area contributed by atoms with Crippen LogP contribution in [0.4, 0.5) is 4.39 Å². The van der Waals surface area contributed by atoms with Crippen molar-refractivity contribution in [2.24, 2.45) is 11.8 Å². The number of halogens is 1. The molecule has 3 atom stereocenters. The summed E-state index contributed by atoms with van der Waals surface area (Å²) in [6, 6.07) is 0. The number of aliphatic carboxylic acids is 1. The summed E-state index contributed by atoms with van der Waals surface area (Å²) >= 11 is 0. The Kier molecular flexibility index (Phi) is 5.06. The minimum atomic E-state index is -0.892. The van der Waals surface area contributed by atoms with Crippen LogP contribution in [0.5, 0.6) is 0 Å². The van der Waals surface area contributed by atoms with E-state index in [9.17, 15) is 9.18 Å². The van der Waals surface area contributed by atoms with Crippen molar-refractivity contribution in [3.05, 3.63) is 0 Å². The fourth-order valence-electron chi connectivity index (χ4n) is 2.38. The van der Waals surface area contributed by atoms with E-state index in [2.05, 4.69) is 6.92 Å². The molecule has 1 saturated carbocycles. The maximum Gasteiger partial charge on any atom is 0.306 e. The molecular weight excluding hydrogens is 195 g/mol. The van der Waals surface area contributed by atoms with Crippen molar-refractivity contribution in [2.75, 3.05) is 0 Å². The van der Waals surface area contributed by atoms with Crippen molar-refractivity contribution in [3.63, 3.8) is 0 Å². The van der Waals surface area contributed by atoms with Crippen LogP contribution >= 0.6 is 0 Å². The molecule has 1 fully saturated rings. The topological polar surface area (TPSA) is 37.3 Å². The maximum absolute atomic E-state index is 13.6. The van der Waals surface area contributed by atoms with Gasteiger partial charge in [-0.25, -0.2) is 4.39 Å². The average molecular weight is 216 g/mol. The number of carboxylic acids is 1. The highest BCUT2D eigenvalue weighted by molar-refractivity contribution is 5.70. The number of carboxylic acid groups (broad SMARTS) is 1. The molecule has 15 heavy (non-hydrogen) atoms. The zero-order valence-electron chi connectivity index (χ0n) is 9.42. The highest BCUT2D eigenvalue weighted by atomic mass is 19.1. The first kappa shape index (κ1) is 12.5. The Balaban J connectivity index is 2.29. The molecule has 0 aliphatic heterocycles. The van der Waals surface area contributed by atoms with Crippen molar-refractivity contribution in [3.8, 4) is 0 Å². The molecule has 1 rings (SSSR count). The minimum absolute atomic E-state index is 0.118. The van der Waals surface area contributed by atoms with Crippen molar-refractivity contribution < 1.29 is 14.3 Å². The molecule has 3 unspecified atom stereocenters. The fourth-order valence-corrected chi connectivity index (χ4v) is 2.38. The van der Waals surface area contributed by atoms with Crippen LogP contribution in [-0.2, 0) is 4.79 Å². The Morgan fingerprint density at radius 1 is 1.40 bits per heavy atom. The molecule has 0 radical (unpaired) electrons. The lowest BCUT2D eigenvalue weighted by Gasteiger charge is -2.29. The van der Waals surface area contributed by atoms with E-state index in [1.54, 1.807) is 0 Å². The smallest absolute Gasteiger partial charge is 0.306 e. The molecule has 0 heterocycles. The monoisotopic (exact) mass is 216 g/mol. The van der Waals surface area contributed by atoms with Crippen LogP contribution in [0.25, 0.3) is 0 Å². The van der Waals surface area contributed by atoms with Gasteiger partial charge in [-0.3, -0.25) is 4.79 Å². The van der Waals surface area contributed by atoms with Gasteiger partial charge in [0.25, 0.3) is 0 Å². The van der Waals surface area contributed by atoms with Crippen LogP contribution in [0.3, 0.4) is 0 Å². The Labute approximate surface area is 90.9 Å². The molecule has 0 aromatic carbocycles. The molecule has 1 aliphatic rings. The predicted molar refractivity (Wildman–Crippen MR) is 57.5 cm³/mol. The van der Waals surface area contributed by atoms with Gasteiger partial charge in [-0.1, -0.05) is 26.2 Å². The maximum atomic E-state index is 13.6. The van der Waals surface area contributed by atoms with Gasteiger partial charge in [0.1, 0.15) is 6.17 Å². The number of unbranched alkanes of at least 4 members (excludes halogenated alkanes) is 2. The first-order valence-electron chi connectivity index (χ1n) is 6.02. The highest BCUT2D eigenvalue weighted by Crippen LogP contribution is 2.34. The van der Waals surface area contributed by atoms with E-state index in [-0.39, 0.29) is 12.3 Å². The summed E-state index contributed by atoms with van der Waals surface area (Å²) in [6.45, 7) is 2.13. The molecular formula is C12H21FO2. The summed E-state index contributed by atoms with van der Waals surface area (Å²) in [7, 11) is 0. The van der Waals surface area contributed by atoms with Gasteiger partial charge in [-0.05, 0) is 31.6 Å². The Morgan fingerprint density at radius 2 is 2.13 bits per heavy atom. The van der Waals surface area contributed by atoms with Crippen LogP contribution in [-0.4, -0.2) is 17.2 Å². The summed E-state index contributed by atoms with van der Waals surface area (Å²) in [6.07, 6.45) is 5.07. The highest BCUT2D eigenvalue weighted by Gasteiger charge is 2.33. The number of alkyl halides is 1. The van der Waals surface area contributed by atoms with Gasteiger partial charge in [0, 0.05) is 0 Å². The van der Waals surface area contributed by atoms with Gasteiger partial charge >= 0.3 is 5.97 Å². The van der Waals surface area contributed by atoms with E-state index in [1.807, 2.05) is 0 Å². The second-order valence-electron chi connectivity index (χ2n) is 4.62. The van der Waals surface area contributed by atoms with Gasteiger partial charge in [-0.2, -0.15) is 0 Å². The third-order valence-corrected chi connectivity index (χ3v) is 3.43. The van der Waals surface area contributed by atoms with Gasteiger partial charge in [0.05, 0.1) is 5.92 Å². The zero-order valence-corrected chi connectivity index (χ0v) is 9.42. The third kappa shape index (κ3) is 3.80. The zero-order chi connectivity index (χ0) is 11.3.